The lowest BCUT2D eigenvalue weighted by Gasteiger charge is -2.28. The van der Waals surface area contributed by atoms with Crippen molar-refractivity contribution in [2.45, 2.75) is 32.0 Å². The second-order valence-corrected chi connectivity index (χ2v) is 9.61. The summed E-state index contributed by atoms with van der Waals surface area (Å²) >= 11 is 0. The van der Waals surface area contributed by atoms with Gasteiger partial charge in [-0.25, -0.2) is 9.97 Å². The molecular weight excluding hydrogens is 482 g/mol. The summed E-state index contributed by atoms with van der Waals surface area (Å²) in [6, 6.07) is 18.0. The lowest BCUT2D eigenvalue weighted by molar-refractivity contribution is -0.138. The lowest BCUT2D eigenvalue weighted by atomic mass is 10.1. The van der Waals surface area contributed by atoms with Gasteiger partial charge in [0.1, 0.15) is 29.9 Å². The van der Waals surface area contributed by atoms with Crippen LogP contribution in [0.15, 0.2) is 54.7 Å². The first-order chi connectivity index (χ1) is 18.5. The van der Waals surface area contributed by atoms with Crippen molar-refractivity contribution >= 4 is 11.6 Å². The second kappa shape index (κ2) is 11.6. The quantitative estimate of drug-likeness (QED) is 0.513. The largest absolute Gasteiger partial charge is 0.487 e. The van der Waals surface area contributed by atoms with E-state index in [9.17, 15) is 15.2 Å². The molecule has 5 rings (SSSR count). The van der Waals surface area contributed by atoms with Crippen LogP contribution in [0.5, 0.6) is 5.75 Å². The van der Waals surface area contributed by atoms with Crippen LogP contribution in [0.25, 0.3) is 11.3 Å². The normalized spacial score (nSPS) is 18.2. The van der Waals surface area contributed by atoms with Gasteiger partial charge in [-0.1, -0.05) is 12.1 Å². The maximum absolute atomic E-state index is 12.0. The van der Waals surface area contributed by atoms with Crippen LogP contribution in [0.4, 0.5) is 5.69 Å². The molecule has 0 saturated carbocycles. The third kappa shape index (κ3) is 5.93. The van der Waals surface area contributed by atoms with Crippen LogP contribution in [0.1, 0.15) is 30.3 Å². The lowest BCUT2D eigenvalue weighted by Crippen LogP contribution is -2.37. The van der Waals surface area contributed by atoms with Gasteiger partial charge in [0, 0.05) is 49.9 Å². The molecule has 3 aromatic rings. The second-order valence-electron chi connectivity index (χ2n) is 9.61. The van der Waals surface area contributed by atoms with Crippen LogP contribution in [0, 0.1) is 11.3 Å². The zero-order valence-corrected chi connectivity index (χ0v) is 21.4. The fraction of sp³-hybridized carbons (Fsp3) is 0.379. The molecule has 1 N–H and O–H groups in total. The molecule has 0 spiro atoms. The van der Waals surface area contributed by atoms with E-state index >= 15 is 0 Å². The van der Waals surface area contributed by atoms with Gasteiger partial charge < -0.3 is 24.4 Å². The third-order valence-corrected chi connectivity index (χ3v) is 6.88. The van der Waals surface area contributed by atoms with Crippen LogP contribution < -0.4 is 9.64 Å². The maximum Gasteiger partial charge on any atom is 0.251 e. The van der Waals surface area contributed by atoms with E-state index in [4.69, 9.17) is 14.5 Å². The number of aliphatic hydroxyl groups is 1. The van der Waals surface area contributed by atoms with Crippen molar-refractivity contribution in [3.05, 3.63) is 71.7 Å². The monoisotopic (exact) mass is 513 g/mol. The van der Waals surface area contributed by atoms with Crippen LogP contribution in [0.2, 0.25) is 0 Å². The molecule has 9 heteroatoms. The number of benzene rings is 2. The van der Waals surface area contributed by atoms with E-state index in [1.54, 1.807) is 23.2 Å². The van der Waals surface area contributed by atoms with Crippen LogP contribution >= 0.6 is 0 Å². The van der Waals surface area contributed by atoms with E-state index < -0.39 is 6.10 Å². The predicted molar refractivity (Wildman–Crippen MR) is 142 cm³/mol. The van der Waals surface area contributed by atoms with Crippen molar-refractivity contribution in [1.29, 1.82) is 5.26 Å². The Balaban J connectivity index is 1.26. The van der Waals surface area contributed by atoms with Gasteiger partial charge in [0.2, 0.25) is 0 Å². The Morgan fingerprint density at radius 1 is 1.18 bits per heavy atom. The number of aromatic nitrogens is 2. The molecule has 2 aliphatic heterocycles. The highest BCUT2D eigenvalue weighted by Gasteiger charge is 2.30. The summed E-state index contributed by atoms with van der Waals surface area (Å²) < 4.78 is 11.5. The van der Waals surface area contributed by atoms with E-state index in [2.05, 4.69) is 40.2 Å². The zero-order valence-electron chi connectivity index (χ0n) is 21.4. The molecule has 0 radical (unpaired) electrons. The van der Waals surface area contributed by atoms with E-state index in [1.807, 2.05) is 12.1 Å². The fourth-order valence-electron chi connectivity index (χ4n) is 4.82. The van der Waals surface area contributed by atoms with Crippen molar-refractivity contribution in [2.75, 3.05) is 44.3 Å². The van der Waals surface area contributed by atoms with Crippen molar-refractivity contribution in [1.82, 2.24) is 14.9 Å². The van der Waals surface area contributed by atoms with E-state index in [-0.39, 0.29) is 12.0 Å². The molecule has 9 nitrogen and oxygen atoms in total. The minimum Gasteiger partial charge on any atom is -0.487 e. The molecule has 3 heterocycles. The topological polar surface area (TPSA) is 112 Å². The molecule has 2 fully saturated rings. The Kier molecular flexibility index (Phi) is 7.82. The van der Waals surface area contributed by atoms with Gasteiger partial charge in [-0.05, 0) is 48.9 Å². The summed E-state index contributed by atoms with van der Waals surface area (Å²) in [5.74, 6) is 0.871. The molecule has 2 aliphatic rings. The van der Waals surface area contributed by atoms with E-state index in [1.165, 1.54) is 12.6 Å². The highest BCUT2D eigenvalue weighted by molar-refractivity contribution is 5.80. The molecule has 1 unspecified atom stereocenters. The number of hydrogen-bond donors (Lipinski definition) is 1. The van der Waals surface area contributed by atoms with Crippen molar-refractivity contribution in [2.24, 2.45) is 0 Å². The Labute approximate surface area is 222 Å². The molecule has 0 aliphatic carbocycles. The van der Waals surface area contributed by atoms with Crippen LogP contribution in [-0.2, 0) is 16.0 Å². The smallest absolute Gasteiger partial charge is 0.251 e. The average molecular weight is 514 g/mol. The molecule has 38 heavy (non-hydrogen) atoms. The number of carbonyl (C=O) groups is 1. The molecule has 0 bridgehead atoms. The summed E-state index contributed by atoms with van der Waals surface area (Å²) in [4.78, 5) is 25.2. The Bertz CT molecular complexity index is 1320. The molecule has 2 saturated heterocycles. The van der Waals surface area contributed by atoms with Crippen LogP contribution in [0.3, 0.4) is 0 Å². The summed E-state index contributed by atoms with van der Waals surface area (Å²) in [7, 11) is 0. The molecular formula is C29H31N5O4. The minimum absolute atomic E-state index is 0.226. The highest BCUT2D eigenvalue weighted by atomic mass is 16.5. The Hall–Kier alpha value is -4.00. The highest BCUT2D eigenvalue weighted by Crippen LogP contribution is 2.28. The third-order valence-electron chi connectivity index (χ3n) is 6.88. The number of ether oxygens (including phenoxy) is 2. The van der Waals surface area contributed by atoms with Gasteiger partial charge in [-0.2, -0.15) is 5.26 Å². The van der Waals surface area contributed by atoms with Crippen LogP contribution in [-0.4, -0.2) is 77.5 Å². The Morgan fingerprint density at radius 2 is 1.97 bits per heavy atom. The van der Waals surface area contributed by atoms with E-state index in [0.29, 0.717) is 43.1 Å². The number of hydrogen-bond acceptors (Lipinski definition) is 8. The van der Waals surface area contributed by atoms with Gasteiger partial charge in [-0.3, -0.25) is 4.79 Å². The van der Waals surface area contributed by atoms with Gasteiger partial charge >= 0.3 is 0 Å². The van der Waals surface area contributed by atoms with Crippen molar-refractivity contribution in [3.63, 3.8) is 0 Å². The van der Waals surface area contributed by atoms with Crippen molar-refractivity contribution in [3.8, 4) is 23.1 Å². The standard InChI is InChI=1S/C29H31N5O4/c1-20(35)29(36)34-11-9-25(19-34)38-27-7-4-22(17-23(27)18-30)26-8-10-31-28(32-26)16-21-2-5-24(6-3-21)33-12-14-37-15-13-33/h2-8,10,17,20,25,35H,9,11-16,19H2,1H3/t20-,25?/m0/s1. The number of rotatable bonds is 7. The number of amides is 1. The molecule has 2 aromatic carbocycles. The summed E-state index contributed by atoms with van der Waals surface area (Å²) in [6.45, 7) is 5.69. The number of nitrogens with zero attached hydrogens (tertiary/aromatic N) is 5. The van der Waals surface area contributed by atoms with Gasteiger partial charge in [0.05, 0.1) is 31.0 Å². The number of carbonyl (C=O) groups excluding carboxylic acids is 1. The fourth-order valence-corrected chi connectivity index (χ4v) is 4.82. The summed E-state index contributed by atoms with van der Waals surface area (Å²) in [5, 5.41) is 19.3. The zero-order chi connectivity index (χ0) is 26.5. The maximum atomic E-state index is 12.0. The molecule has 1 amide bonds. The number of likely N-dealkylation sites (tertiary alicyclic amines) is 1. The number of anilines is 1. The number of aliphatic hydroxyl groups excluding tert-OH is 1. The van der Waals surface area contributed by atoms with Gasteiger partial charge in [0.25, 0.3) is 5.91 Å². The van der Waals surface area contributed by atoms with Gasteiger partial charge in [0.15, 0.2) is 0 Å². The predicted octanol–water partition coefficient (Wildman–Crippen LogP) is 2.80. The average Bonchev–Trinajstić information content (AvgIpc) is 3.42. The molecule has 2 atom stereocenters. The molecule has 196 valence electrons. The summed E-state index contributed by atoms with van der Waals surface area (Å²) in [6.07, 6.45) is 1.73. The Morgan fingerprint density at radius 3 is 2.71 bits per heavy atom. The minimum atomic E-state index is -1.03. The summed E-state index contributed by atoms with van der Waals surface area (Å²) in [5.41, 5.74) is 4.26. The first-order valence-electron chi connectivity index (χ1n) is 12.9. The van der Waals surface area contributed by atoms with E-state index in [0.717, 1.165) is 43.1 Å². The number of morpholine rings is 1. The first kappa shape index (κ1) is 25.6. The van der Waals surface area contributed by atoms with Gasteiger partial charge in [-0.15, -0.1) is 0 Å². The van der Waals surface area contributed by atoms with Crippen molar-refractivity contribution < 1.29 is 19.4 Å². The number of nitriles is 1. The molecule has 1 aromatic heterocycles. The first-order valence-corrected chi connectivity index (χ1v) is 12.9. The SMILES string of the molecule is C[C@H](O)C(=O)N1CCC(Oc2ccc(-c3ccnc(Cc4ccc(N5CCOCC5)cc4)n3)cc2C#N)C1.